The average molecular weight is 245 g/mol. The molecule has 0 radical (unpaired) electrons. The Bertz CT molecular complexity index is 253. The van der Waals surface area contributed by atoms with Gasteiger partial charge in [0, 0.05) is 6.61 Å². The molecule has 0 aromatic heterocycles. The zero-order valence-corrected chi connectivity index (χ0v) is 11.0. The maximum absolute atomic E-state index is 11.7. The summed E-state index contributed by atoms with van der Waals surface area (Å²) < 4.78 is 5.30. The molecule has 2 N–H and O–H groups in total. The van der Waals surface area contributed by atoms with Crippen molar-refractivity contribution in [3.8, 4) is 0 Å². The van der Waals surface area contributed by atoms with Gasteiger partial charge in [-0.05, 0) is 19.3 Å². The fraction of sp³-hybridized carbons (Fsp3) is 0.833. The maximum atomic E-state index is 11.7. The SMILES string of the molecule is CCCCOC(C)C(=O)N[C@H](C(=O)O)C(C)C. The van der Waals surface area contributed by atoms with Crippen LogP contribution >= 0.6 is 0 Å². The van der Waals surface area contributed by atoms with Gasteiger partial charge in [-0.15, -0.1) is 0 Å². The van der Waals surface area contributed by atoms with E-state index in [2.05, 4.69) is 5.32 Å². The van der Waals surface area contributed by atoms with E-state index in [1.165, 1.54) is 0 Å². The first-order valence-electron chi connectivity index (χ1n) is 6.04. The summed E-state index contributed by atoms with van der Waals surface area (Å²) in [6.07, 6.45) is 1.28. The van der Waals surface area contributed by atoms with Gasteiger partial charge in [0.25, 0.3) is 0 Å². The van der Waals surface area contributed by atoms with Gasteiger partial charge < -0.3 is 15.2 Å². The number of unbranched alkanes of at least 4 members (excludes halogenated alkanes) is 1. The number of hydrogen-bond donors (Lipinski definition) is 2. The molecule has 0 fully saturated rings. The Kier molecular flexibility index (Phi) is 7.54. The molecule has 0 aromatic carbocycles. The smallest absolute Gasteiger partial charge is 0.326 e. The first-order chi connectivity index (χ1) is 7.90. The number of carbonyl (C=O) groups excluding carboxylic acids is 1. The molecule has 5 heteroatoms. The Balaban J connectivity index is 4.16. The molecule has 1 unspecified atom stereocenters. The van der Waals surface area contributed by atoms with Crippen molar-refractivity contribution in [3.63, 3.8) is 0 Å². The number of hydrogen-bond acceptors (Lipinski definition) is 3. The summed E-state index contributed by atoms with van der Waals surface area (Å²) in [5, 5.41) is 11.4. The van der Waals surface area contributed by atoms with Crippen LogP contribution in [-0.4, -0.2) is 35.7 Å². The molecule has 100 valence electrons. The highest BCUT2D eigenvalue weighted by molar-refractivity contribution is 5.86. The van der Waals surface area contributed by atoms with Crippen molar-refractivity contribution >= 4 is 11.9 Å². The lowest BCUT2D eigenvalue weighted by atomic mass is 10.0. The van der Waals surface area contributed by atoms with Gasteiger partial charge in [0.1, 0.15) is 12.1 Å². The van der Waals surface area contributed by atoms with Crippen LogP contribution in [0.2, 0.25) is 0 Å². The van der Waals surface area contributed by atoms with Gasteiger partial charge in [-0.1, -0.05) is 27.2 Å². The summed E-state index contributed by atoms with van der Waals surface area (Å²) >= 11 is 0. The number of amides is 1. The lowest BCUT2D eigenvalue weighted by molar-refractivity contribution is -0.145. The van der Waals surface area contributed by atoms with Gasteiger partial charge >= 0.3 is 5.97 Å². The minimum absolute atomic E-state index is 0.153. The normalized spacial score (nSPS) is 14.4. The summed E-state index contributed by atoms with van der Waals surface area (Å²) in [6.45, 7) is 7.69. The monoisotopic (exact) mass is 245 g/mol. The van der Waals surface area contributed by atoms with Crippen LogP contribution in [0, 0.1) is 5.92 Å². The third-order valence-corrected chi connectivity index (χ3v) is 2.47. The molecule has 0 aromatic rings. The van der Waals surface area contributed by atoms with Crippen LogP contribution in [0.25, 0.3) is 0 Å². The topological polar surface area (TPSA) is 75.6 Å². The molecular weight excluding hydrogens is 222 g/mol. The Morgan fingerprint density at radius 1 is 1.29 bits per heavy atom. The summed E-state index contributed by atoms with van der Waals surface area (Å²) in [5.74, 6) is -1.55. The molecule has 0 aliphatic carbocycles. The van der Waals surface area contributed by atoms with Crippen LogP contribution in [0.3, 0.4) is 0 Å². The summed E-state index contributed by atoms with van der Waals surface area (Å²) in [7, 11) is 0. The van der Waals surface area contributed by atoms with E-state index in [0.717, 1.165) is 12.8 Å². The number of carboxylic acids is 1. The van der Waals surface area contributed by atoms with E-state index >= 15 is 0 Å². The van der Waals surface area contributed by atoms with E-state index in [1.54, 1.807) is 20.8 Å². The summed E-state index contributed by atoms with van der Waals surface area (Å²) in [6, 6.07) is -0.861. The second-order valence-electron chi connectivity index (χ2n) is 4.44. The number of carbonyl (C=O) groups is 2. The predicted octanol–water partition coefficient (Wildman–Crippen LogP) is 1.42. The highest BCUT2D eigenvalue weighted by Crippen LogP contribution is 2.03. The summed E-state index contributed by atoms with van der Waals surface area (Å²) in [5.41, 5.74) is 0. The molecular formula is C12H23NO4. The van der Waals surface area contributed by atoms with Crippen LogP contribution in [0.15, 0.2) is 0 Å². The van der Waals surface area contributed by atoms with Crippen molar-refractivity contribution in [2.45, 2.75) is 52.7 Å². The molecule has 0 bridgehead atoms. The van der Waals surface area contributed by atoms with E-state index in [4.69, 9.17) is 9.84 Å². The van der Waals surface area contributed by atoms with E-state index in [9.17, 15) is 9.59 Å². The van der Waals surface area contributed by atoms with Gasteiger partial charge in [-0.2, -0.15) is 0 Å². The van der Waals surface area contributed by atoms with Crippen molar-refractivity contribution in [2.24, 2.45) is 5.92 Å². The maximum Gasteiger partial charge on any atom is 0.326 e. The zero-order valence-electron chi connectivity index (χ0n) is 11.0. The largest absolute Gasteiger partial charge is 0.480 e. The van der Waals surface area contributed by atoms with Crippen LogP contribution in [0.1, 0.15) is 40.5 Å². The van der Waals surface area contributed by atoms with Crippen LogP contribution in [0.5, 0.6) is 0 Å². The van der Waals surface area contributed by atoms with Gasteiger partial charge in [-0.25, -0.2) is 4.79 Å². The Morgan fingerprint density at radius 3 is 2.29 bits per heavy atom. The average Bonchev–Trinajstić information content (AvgIpc) is 2.24. The lowest BCUT2D eigenvalue weighted by Gasteiger charge is -2.20. The lowest BCUT2D eigenvalue weighted by Crippen LogP contribution is -2.48. The molecule has 0 aliphatic rings. The van der Waals surface area contributed by atoms with Crippen LogP contribution < -0.4 is 5.32 Å². The molecule has 0 heterocycles. The highest BCUT2D eigenvalue weighted by Gasteiger charge is 2.25. The third-order valence-electron chi connectivity index (χ3n) is 2.47. The number of ether oxygens (including phenoxy) is 1. The number of rotatable bonds is 8. The number of carboxylic acid groups (broad SMARTS) is 1. The molecule has 2 atom stereocenters. The van der Waals surface area contributed by atoms with Crippen molar-refractivity contribution in [3.05, 3.63) is 0 Å². The highest BCUT2D eigenvalue weighted by atomic mass is 16.5. The third kappa shape index (κ3) is 6.26. The van der Waals surface area contributed by atoms with Crippen LogP contribution in [0.4, 0.5) is 0 Å². The zero-order chi connectivity index (χ0) is 13.4. The minimum Gasteiger partial charge on any atom is -0.480 e. The van der Waals surface area contributed by atoms with Crippen molar-refractivity contribution < 1.29 is 19.4 Å². The minimum atomic E-state index is -1.02. The Labute approximate surface area is 103 Å². The Hall–Kier alpha value is -1.10. The van der Waals surface area contributed by atoms with Crippen LogP contribution in [-0.2, 0) is 14.3 Å². The van der Waals surface area contributed by atoms with Crippen molar-refractivity contribution in [1.29, 1.82) is 0 Å². The number of nitrogens with one attached hydrogen (secondary N) is 1. The van der Waals surface area contributed by atoms with E-state index < -0.39 is 18.1 Å². The molecule has 0 rings (SSSR count). The number of aliphatic carboxylic acids is 1. The van der Waals surface area contributed by atoms with Crippen molar-refractivity contribution in [2.75, 3.05) is 6.61 Å². The molecule has 0 aliphatic heterocycles. The van der Waals surface area contributed by atoms with Gasteiger partial charge in [-0.3, -0.25) is 4.79 Å². The standard InChI is InChI=1S/C12H23NO4/c1-5-6-7-17-9(4)11(14)13-10(8(2)3)12(15)16/h8-10H,5-7H2,1-4H3,(H,13,14)(H,15,16)/t9?,10-/m0/s1. The molecule has 1 amide bonds. The molecule has 0 saturated carbocycles. The molecule has 17 heavy (non-hydrogen) atoms. The summed E-state index contributed by atoms with van der Waals surface area (Å²) in [4.78, 5) is 22.6. The molecule has 0 saturated heterocycles. The Morgan fingerprint density at radius 2 is 1.88 bits per heavy atom. The van der Waals surface area contributed by atoms with Gasteiger partial charge in [0.15, 0.2) is 0 Å². The first-order valence-corrected chi connectivity index (χ1v) is 6.04. The van der Waals surface area contributed by atoms with Gasteiger partial charge in [0.2, 0.25) is 5.91 Å². The molecule has 0 spiro atoms. The van der Waals surface area contributed by atoms with E-state index in [-0.39, 0.29) is 11.8 Å². The van der Waals surface area contributed by atoms with E-state index in [1.807, 2.05) is 6.92 Å². The predicted molar refractivity (Wildman–Crippen MR) is 64.7 cm³/mol. The fourth-order valence-electron chi connectivity index (χ4n) is 1.26. The fourth-order valence-corrected chi connectivity index (χ4v) is 1.26. The second kappa shape index (κ2) is 8.06. The van der Waals surface area contributed by atoms with Crippen molar-refractivity contribution in [1.82, 2.24) is 5.32 Å². The molecule has 5 nitrogen and oxygen atoms in total. The van der Waals surface area contributed by atoms with Gasteiger partial charge in [0.05, 0.1) is 0 Å². The first kappa shape index (κ1) is 15.9. The quantitative estimate of drug-likeness (QED) is 0.634. The second-order valence-corrected chi connectivity index (χ2v) is 4.44. The van der Waals surface area contributed by atoms with E-state index in [0.29, 0.717) is 6.61 Å².